The van der Waals surface area contributed by atoms with Crippen molar-refractivity contribution in [2.24, 2.45) is 5.73 Å². The van der Waals surface area contributed by atoms with Crippen LogP contribution in [0.3, 0.4) is 0 Å². The predicted octanol–water partition coefficient (Wildman–Crippen LogP) is 4.45. The number of phenolic OH excluding ortho intramolecular Hbond substituents is 1. The summed E-state index contributed by atoms with van der Waals surface area (Å²) in [5.41, 5.74) is 9.93. The number of amides is 2. The van der Waals surface area contributed by atoms with E-state index in [9.17, 15) is 14.7 Å². The first-order valence-electron chi connectivity index (χ1n) is 11.5. The van der Waals surface area contributed by atoms with Crippen LogP contribution in [-0.4, -0.2) is 34.2 Å². The molecule has 37 heavy (non-hydrogen) atoms. The lowest BCUT2D eigenvalue weighted by Gasteiger charge is -2.11. The SMILES string of the molecule is COc1ccccc1C(=O)Nc1ccc(Nc2n[nH]c(NCc3cc(C)c(O)c(C)c3)c2C(N)=O)cc1. The number of nitrogens with one attached hydrogen (secondary N) is 4. The van der Waals surface area contributed by atoms with Crippen LogP contribution in [0.25, 0.3) is 0 Å². The number of carbonyl (C=O) groups excluding carboxylic acids is 2. The lowest BCUT2D eigenvalue weighted by Crippen LogP contribution is -2.15. The third-order valence-corrected chi connectivity index (χ3v) is 5.79. The highest BCUT2D eigenvalue weighted by atomic mass is 16.5. The number of hydrogen-bond acceptors (Lipinski definition) is 7. The quantitative estimate of drug-likeness (QED) is 0.198. The van der Waals surface area contributed by atoms with E-state index in [0.717, 1.165) is 16.7 Å². The van der Waals surface area contributed by atoms with Gasteiger partial charge in [0, 0.05) is 17.9 Å². The van der Waals surface area contributed by atoms with E-state index in [1.54, 1.807) is 48.5 Å². The number of ether oxygens (including phenoxy) is 1. The number of phenols is 1. The van der Waals surface area contributed by atoms with Gasteiger partial charge in [-0.15, -0.1) is 0 Å². The number of primary amides is 1. The first-order valence-corrected chi connectivity index (χ1v) is 11.5. The van der Waals surface area contributed by atoms with Gasteiger partial charge in [0.25, 0.3) is 11.8 Å². The molecule has 0 saturated heterocycles. The Balaban J connectivity index is 1.45. The summed E-state index contributed by atoms with van der Waals surface area (Å²) in [6.07, 6.45) is 0. The molecule has 4 rings (SSSR count). The summed E-state index contributed by atoms with van der Waals surface area (Å²) in [5, 5.41) is 26.1. The molecule has 0 aliphatic rings. The number of hydrogen-bond donors (Lipinski definition) is 6. The highest BCUT2D eigenvalue weighted by Gasteiger charge is 2.19. The molecule has 190 valence electrons. The molecule has 0 aliphatic heterocycles. The Hall–Kier alpha value is -4.99. The molecule has 0 unspecified atom stereocenters. The largest absolute Gasteiger partial charge is 0.507 e. The Kier molecular flexibility index (Phi) is 7.28. The fraction of sp³-hybridized carbons (Fsp3) is 0.148. The average Bonchev–Trinajstić information content (AvgIpc) is 3.29. The van der Waals surface area contributed by atoms with Crippen LogP contribution in [0, 0.1) is 13.8 Å². The van der Waals surface area contributed by atoms with E-state index >= 15 is 0 Å². The van der Waals surface area contributed by atoms with Crippen LogP contribution in [-0.2, 0) is 6.54 Å². The molecular formula is C27H28N6O4. The number of nitrogens with two attached hydrogens (primary N) is 1. The molecule has 0 saturated carbocycles. The third kappa shape index (κ3) is 5.64. The lowest BCUT2D eigenvalue weighted by molar-refractivity contribution is 0.0998. The standard InChI is InChI=1S/C27H28N6O4/c1-15-12-17(13-16(2)23(15)34)14-29-25-22(24(28)35)26(33-32-25)30-18-8-10-19(11-9-18)31-27(36)20-6-4-5-7-21(20)37-3/h4-13,34H,14H2,1-3H3,(H2,28,35)(H,31,36)(H3,29,30,32,33). The first kappa shape index (κ1) is 25.1. The summed E-state index contributed by atoms with van der Waals surface area (Å²) < 4.78 is 5.25. The highest BCUT2D eigenvalue weighted by molar-refractivity contribution is 6.06. The molecule has 3 aromatic carbocycles. The van der Waals surface area contributed by atoms with Crippen molar-refractivity contribution < 1.29 is 19.4 Å². The van der Waals surface area contributed by atoms with Gasteiger partial charge >= 0.3 is 0 Å². The van der Waals surface area contributed by atoms with E-state index < -0.39 is 5.91 Å². The Bertz CT molecular complexity index is 1420. The van der Waals surface area contributed by atoms with Gasteiger partial charge in [-0.2, -0.15) is 5.10 Å². The second-order valence-electron chi connectivity index (χ2n) is 8.47. The van der Waals surface area contributed by atoms with E-state index in [1.807, 2.05) is 26.0 Å². The van der Waals surface area contributed by atoms with Crippen LogP contribution in [0.15, 0.2) is 60.7 Å². The Labute approximate surface area is 213 Å². The summed E-state index contributed by atoms with van der Waals surface area (Å²) in [6, 6.07) is 17.6. The van der Waals surface area contributed by atoms with Crippen molar-refractivity contribution in [1.29, 1.82) is 0 Å². The van der Waals surface area contributed by atoms with Crippen molar-refractivity contribution in [3.05, 3.63) is 88.5 Å². The number of H-pyrrole nitrogens is 1. The van der Waals surface area contributed by atoms with Crippen molar-refractivity contribution in [2.45, 2.75) is 20.4 Å². The molecule has 1 heterocycles. The smallest absolute Gasteiger partial charge is 0.259 e. The molecule has 7 N–H and O–H groups in total. The molecule has 0 spiro atoms. The van der Waals surface area contributed by atoms with Crippen molar-refractivity contribution in [2.75, 3.05) is 23.1 Å². The maximum atomic E-state index is 12.6. The van der Waals surface area contributed by atoms with Gasteiger partial charge in [-0.1, -0.05) is 24.3 Å². The van der Waals surface area contributed by atoms with E-state index in [2.05, 4.69) is 26.1 Å². The Morgan fingerprint density at radius 3 is 2.32 bits per heavy atom. The number of para-hydroxylation sites is 1. The van der Waals surface area contributed by atoms with Gasteiger partial charge in [0.2, 0.25) is 0 Å². The molecule has 0 atom stereocenters. The second kappa shape index (κ2) is 10.7. The van der Waals surface area contributed by atoms with Crippen LogP contribution in [0.5, 0.6) is 11.5 Å². The van der Waals surface area contributed by atoms with Crippen molar-refractivity contribution in [1.82, 2.24) is 10.2 Å². The molecule has 1 aromatic heterocycles. The topological polar surface area (TPSA) is 154 Å². The number of aromatic amines is 1. The monoisotopic (exact) mass is 500 g/mol. The van der Waals surface area contributed by atoms with Crippen molar-refractivity contribution in [3.8, 4) is 11.5 Å². The van der Waals surface area contributed by atoms with E-state index in [4.69, 9.17) is 10.5 Å². The van der Waals surface area contributed by atoms with Crippen LogP contribution in [0.1, 0.15) is 37.4 Å². The molecule has 0 radical (unpaired) electrons. The number of nitrogens with zero attached hydrogens (tertiary/aromatic N) is 1. The minimum Gasteiger partial charge on any atom is -0.507 e. The molecule has 0 bridgehead atoms. The zero-order chi connectivity index (χ0) is 26.5. The third-order valence-electron chi connectivity index (χ3n) is 5.79. The van der Waals surface area contributed by atoms with E-state index in [1.165, 1.54) is 7.11 Å². The van der Waals surface area contributed by atoms with Gasteiger partial charge in [0.05, 0.1) is 12.7 Å². The van der Waals surface area contributed by atoms with Gasteiger partial charge in [-0.25, -0.2) is 0 Å². The average molecular weight is 501 g/mol. The fourth-order valence-electron chi connectivity index (χ4n) is 3.94. The summed E-state index contributed by atoms with van der Waals surface area (Å²) in [7, 11) is 1.51. The van der Waals surface area contributed by atoms with Crippen LogP contribution < -0.4 is 26.4 Å². The zero-order valence-electron chi connectivity index (χ0n) is 20.7. The number of carbonyl (C=O) groups is 2. The number of aryl methyl sites for hydroxylation is 2. The molecule has 0 aliphatic carbocycles. The number of rotatable bonds is 9. The number of aromatic hydroxyl groups is 1. The number of methoxy groups -OCH3 is 1. The lowest BCUT2D eigenvalue weighted by atomic mass is 10.1. The van der Waals surface area contributed by atoms with Crippen LogP contribution in [0.2, 0.25) is 0 Å². The van der Waals surface area contributed by atoms with Crippen LogP contribution >= 0.6 is 0 Å². The summed E-state index contributed by atoms with van der Waals surface area (Å²) in [5.74, 6) is 0.433. The second-order valence-corrected chi connectivity index (χ2v) is 8.47. The maximum Gasteiger partial charge on any atom is 0.259 e. The molecule has 2 amide bonds. The summed E-state index contributed by atoms with van der Waals surface area (Å²) in [4.78, 5) is 24.8. The van der Waals surface area contributed by atoms with Crippen molar-refractivity contribution in [3.63, 3.8) is 0 Å². The van der Waals surface area contributed by atoms with E-state index in [-0.39, 0.29) is 23.0 Å². The number of aromatic nitrogens is 2. The first-order chi connectivity index (χ1) is 17.8. The zero-order valence-corrected chi connectivity index (χ0v) is 20.7. The van der Waals surface area contributed by atoms with Gasteiger partial charge in [0.1, 0.15) is 22.9 Å². The summed E-state index contributed by atoms with van der Waals surface area (Å²) >= 11 is 0. The van der Waals surface area contributed by atoms with Gasteiger partial charge in [-0.05, 0) is 66.9 Å². The predicted molar refractivity (Wildman–Crippen MR) is 143 cm³/mol. The molecule has 10 nitrogen and oxygen atoms in total. The Morgan fingerprint density at radius 2 is 1.68 bits per heavy atom. The van der Waals surface area contributed by atoms with E-state index in [0.29, 0.717) is 35.1 Å². The van der Waals surface area contributed by atoms with Gasteiger partial charge < -0.3 is 31.5 Å². The number of benzene rings is 3. The minimum absolute atomic E-state index is 0.181. The molecule has 10 heteroatoms. The summed E-state index contributed by atoms with van der Waals surface area (Å²) in [6.45, 7) is 4.05. The fourth-order valence-corrected chi connectivity index (χ4v) is 3.94. The van der Waals surface area contributed by atoms with Gasteiger partial charge in [0.15, 0.2) is 5.82 Å². The normalized spacial score (nSPS) is 10.6. The maximum absolute atomic E-state index is 12.6. The van der Waals surface area contributed by atoms with Crippen molar-refractivity contribution >= 4 is 34.8 Å². The molecule has 4 aromatic rings. The minimum atomic E-state index is -0.655. The van der Waals surface area contributed by atoms with Crippen LogP contribution in [0.4, 0.5) is 23.0 Å². The molecular weight excluding hydrogens is 472 g/mol. The molecule has 0 fully saturated rings. The Morgan fingerprint density at radius 1 is 1.03 bits per heavy atom. The number of anilines is 4. The van der Waals surface area contributed by atoms with Gasteiger partial charge in [-0.3, -0.25) is 14.7 Å². The highest BCUT2D eigenvalue weighted by Crippen LogP contribution is 2.27.